The van der Waals surface area contributed by atoms with Gasteiger partial charge in [0.05, 0.1) is 14.5 Å². The average Bonchev–Trinajstić information content (AvgIpc) is 2.43. The lowest BCUT2D eigenvalue weighted by molar-refractivity contribution is 1.47. The SMILES string of the molecule is N#CC1Sc2sc(=S)sc2S1. The van der Waals surface area contributed by atoms with E-state index in [9.17, 15) is 0 Å². The number of hydrogen-bond donors (Lipinski definition) is 0. The van der Waals surface area contributed by atoms with Crippen LogP contribution in [0.4, 0.5) is 0 Å². The first-order valence-electron chi connectivity index (χ1n) is 2.66. The Kier molecular flexibility index (Phi) is 2.25. The Balaban J connectivity index is 2.39. The third-order valence-electron chi connectivity index (χ3n) is 1.05. The molecule has 0 N–H and O–H groups in total. The van der Waals surface area contributed by atoms with Crippen molar-refractivity contribution in [2.24, 2.45) is 0 Å². The summed E-state index contributed by atoms with van der Waals surface area (Å²) in [6, 6.07) is 2.22. The van der Waals surface area contributed by atoms with Gasteiger partial charge in [-0.25, -0.2) is 0 Å². The second-order valence-corrected chi connectivity index (χ2v) is 8.00. The van der Waals surface area contributed by atoms with Gasteiger partial charge in [0.2, 0.25) is 0 Å². The maximum Gasteiger partial charge on any atom is 0.148 e. The van der Waals surface area contributed by atoms with Crippen molar-refractivity contribution in [2.45, 2.75) is 13.0 Å². The molecule has 6 heteroatoms. The van der Waals surface area contributed by atoms with E-state index in [2.05, 4.69) is 6.07 Å². The molecule has 1 aliphatic heterocycles. The first-order valence-corrected chi connectivity index (χ1v) is 6.46. The molecule has 1 aromatic rings. The molecule has 0 radical (unpaired) electrons. The molecule has 11 heavy (non-hydrogen) atoms. The Bertz CT molecular complexity index is 342. The maximum atomic E-state index is 8.62. The molecule has 1 nitrogen and oxygen atoms in total. The van der Waals surface area contributed by atoms with Crippen molar-refractivity contribution in [3.63, 3.8) is 0 Å². The third-order valence-corrected chi connectivity index (χ3v) is 6.81. The van der Waals surface area contributed by atoms with Crippen LogP contribution < -0.4 is 0 Å². The third kappa shape index (κ3) is 1.48. The molecular formula is C5HNS5. The summed E-state index contributed by atoms with van der Waals surface area (Å²) in [5.74, 6) is 0. The lowest BCUT2D eigenvalue weighted by Gasteiger charge is -1.89. The van der Waals surface area contributed by atoms with Gasteiger partial charge >= 0.3 is 0 Å². The fourth-order valence-corrected chi connectivity index (χ4v) is 7.30. The van der Waals surface area contributed by atoms with Gasteiger partial charge in [0.15, 0.2) is 0 Å². The number of hydrogen-bond acceptors (Lipinski definition) is 6. The van der Waals surface area contributed by atoms with Gasteiger partial charge in [-0.2, -0.15) is 5.26 Å². The quantitative estimate of drug-likeness (QED) is 0.641. The minimum absolute atomic E-state index is 0.0584. The molecule has 56 valence electrons. The van der Waals surface area contributed by atoms with Crippen molar-refractivity contribution in [1.82, 2.24) is 0 Å². The normalized spacial score (nSPS) is 16.3. The summed E-state index contributed by atoms with van der Waals surface area (Å²) < 4.78 is 3.49. The predicted octanol–water partition coefficient (Wildman–Crippen LogP) is 3.59. The van der Waals surface area contributed by atoms with Crippen molar-refractivity contribution in [3.8, 4) is 6.07 Å². The van der Waals surface area contributed by atoms with Gasteiger partial charge in [-0.15, -0.1) is 22.7 Å². The second-order valence-electron chi connectivity index (χ2n) is 1.73. The summed E-state index contributed by atoms with van der Waals surface area (Å²) in [5, 5.41) is 8.62. The van der Waals surface area contributed by atoms with E-state index in [1.165, 1.54) is 8.42 Å². The van der Waals surface area contributed by atoms with E-state index in [-0.39, 0.29) is 4.58 Å². The van der Waals surface area contributed by atoms with E-state index in [1.54, 1.807) is 46.2 Å². The molecule has 0 aliphatic carbocycles. The highest BCUT2D eigenvalue weighted by Crippen LogP contribution is 2.53. The van der Waals surface area contributed by atoms with Crippen LogP contribution in [0.25, 0.3) is 0 Å². The van der Waals surface area contributed by atoms with Crippen LogP contribution in [-0.2, 0) is 0 Å². The topological polar surface area (TPSA) is 23.8 Å². The van der Waals surface area contributed by atoms with E-state index in [4.69, 9.17) is 17.5 Å². The van der Waals surface area contributed by atoms with Gasteiger partial charge in [-0.1, -0.05) is 35.7 Å². The first kappa shape index (κ1) is 8.08. The van der Waals surface area contributed by atoms with Crippen LogP contribution in [-0.4, -0.2) is 4.58 Å². The van der Waals surface area contributed by atoms with Crippen LogP contribution in [0.15, 0.2) is 8.42 Å². The molecule has 0 atom stereocenters. The molecule has 1 aliphatic rings. The first-order chi connectivity index (χ1) is 5.29. The van der Waals surface area contributed by atoms with Crippen LogP contribution in [0.1, 0.15) is 0 Å². The van der Waals surface area contributed by atoms with Crippen molar-refractivity contribution in [2.75, 3.05) is 0 Å². The number of nitrogens with zero attached hydrogens (tertiary/aromatic N) is 1. The highest BCUT2D eigenvalue weighted by atomic mass is 32.2. The maximum absolute atomic E-state index is 8.62. The molecule has 0 aromatic carbocycles. The average molecular weight is 235 g/mol. The van der Waals surface area contributed by atoms with Crippen molar-refractivity contribution >= 4 is 58.4 Å². The monoisotopic (exact) mass is 235 g/mol. The molecule has 0 bridgehead atoms. The van der Waals surface area contributed by atoms with Gasteiger partial charge in [0, 0.05) is 0 Å². The van der Waals surface area contributed by atoms with E-state index in [1.807, 2.05) is 0 Å². The van der Waals surface area contributed by atoms with Crippen LogP contribution in [0.5, 0.6) is 0 Å². The molecule has 2 rings (SSSR count). The van der Waals surface area contributed by atoms with E-state index in [0.29, 0.717) is 0 Å². The number of fused-ring (bicyclic) bond motifs is 1. The van der Waals surface area contributed by atoms with Crippen LogP contribution in [0, 0.1) is 14.5 Å². The zero-order valence-corrected chi connectivity index (χ0v) is 9.15. The lowest BCUT2D eigenvalue weighted by atomic mass is 10.9. The summed E-state index contributed by atoms with van der Waals surface area (Å²) in [6.07, 6.45) is 0. The number of thioether (sulfide) groups is 2. The van der Waals surface area contributed by atoms with Crippen molar-refractivity contribution in [3.05, 3.63) is 3.14 Å². The predicted molar refractivity (Wildman–Crippen MR) is 54.1 cm³/mol. The minimum atomic E-state index is 0.0584. The molecule has 0 unspecified atom stereocenters. The fourth-order valence-electron chi connectivity index (χ4n) is 0.671. The van der Waals surface area contributed by atoms with E-state index >= 15 is 0 Å². The van der Waals surface area contributed by atoms with Gasteiger partial charge in [-0.3, -0.25) is 0 Å². The molecule has 0 amide bonds. The second kappa shape index (κ2) is 3.07. The van der Waals surface area contributed by atoms with Crippen molar-refractivity contribution in [1.29, 1.82) is 5.26 Å². The summed E-state index contributed by atoms with van der Waals surface area (Å²) in [5.41, 5.74) is 0. The number of nitriles is 1. The zero-order valence-electron chi connectivity index (χ0n) is 5.07. The number of rotatable bonds is 0. The molecule has 0 spiro atoms. The highest BCUT2D eigenvalue weighted by Gasteiger charge is 2.25. The molecule has 0 saturated heterocycles. The van der Waals surface area contributed by atoms with Gasteiger partial charge in [0.1, 0.15) is 7.72 Å². The highest BCUT2D eigenvalue weighted by molar-refractivity contribution is 8.21. The standard InChI is InChI=1S/C5HNS5/c6-1-2-8-3-4(9-2)11-5(7)10-3/h2H. The van der Waals surface area contributed by atoms with Gasteiger partial charge < -0.3 is 0 Å². The van der Waals surface area contributed by atoms with Crippen LogP contribution in [0.3, 0.4) is 0 Å². The van der Waals surface area contributed by atoms with Crippen molar-refractivity contribution < 1.29 is 0 Å². The van der Waals surface area contributed by atoms with Gasteiger partial charge in [0.25, 0.3) is 0 Å². The smallest absolute Gasteiger partial charge is 0.148 e. The largest absolute Gasteiger partial charge is 0.196 e. The Hall–Kier alpha value is 0.460. The molecular weight excluding hydrogens is 234 g/mol. The summed E-state index contributed by atoms with van der Waals surface area (Å²) >= 11 is 11.5. The Morgan fingerprint density at radius 2 is 1.82 bits per heavy atom. The zero-order chi connectivity index (χ0) is 7.84. The Labute approximate surface area is 85.4 Å². The molecule has 2 heterocycles. The van der Waals surface area contributed by atoms with E-state index < -0.39 is 0 Å². The summed E-state index contributed by atoms with van der Waals surface area (Å²) in [4.78, 5) is 0. The van der Waals surface area contributed by atoms with Gasteiger partial charge in [-0.05, 0) is 0 Å². The van der Waals surface area contributed by atoms with Crippen LogP contribution >= 0.6 is 58.4 Å². The summed E-state index contributed by atoms with van der Waals surface area (Å²) in [7, 11) is 0. The van der Waals surface area contributed by atoms with E-state index in [0.717, 1.165) is 3.14 Å². The molecule has 0 fully saturated rings. The lowest BCUT2D eigenvalue weighted by Crippen LogP contribution is -1.80. The molecule has 0 saturated carbocycles. The molecule has 1 aromatic heterocycles. The minimum Gasteiger partial charge on any atom is -0.196 e. The summed E-state index contributed by atoms with van der Waals surface area (Å²) in [6.45, 7) is 0. The Morgan fingerprint density at radius 3 is 2.27 bits per heavy atom. The Morgan fingerprint density at radius 1 is 1.27 bits per heavy atom. The fraction of sp³-hybridized carbons (Fsp3) is 0.200. The van der Waals surface area contributed by atoms with Crippen LogP contribution in [0.2, 0.25) is 0 Å².